The van der Waals surface area contributed by atoms with Gasteiger partial charge in [0, 0.05) is 57.5 Å². The van der Waals surface area contributed by atoms with E-state index in [1.165, 1.54) is 42.4 Å². The van der Waals surface area contributed by atoms with E-state index in [-0.39, 0.29) is 130 Å². The number of halogens is 1. The van der Waals surface area contributed by atoms with Gasteiger partial charge in [0.2, 0.25) is 5.70 Å². The van der Waals surface area contributed by atoms with E-state index in [0.29, 0.717) is 49.0 Å². The van der Waals surface area contributed by atoms with E-state index in [0.717, 1.165) is 121 Å². The van der Waals surface area contributed by atoms with Crippen LogP contribution in [0.2, 0.25) is 0 Å². The number of nitrogens with zero attached hydrogens (tertiary/aromatic N) is 2. The van der Waals surface area contributed by atoms with E-state index in [1.54, 1.807) is 17.7 Å². The van der Waals surface area contributed by atoms with Crippen LogP contribution in [0.15, 0.2) is 80.9 Å². The molecule has 1 aliphatic heterocycles. The number of ether oxygens (including phenoxy) is 2. The topological polar surface area (TPSA) is 137 Å². The van der Waals surface area contributed by atoms with Gasteiger partial charge in [-0.1, -0.05) is 152 Å². The Morgan fingerprint density at radius 1 is 0.558 bits per heavy atom. The number of terminal acetylenes is 4. The van der Waals surface area contributed by atoms with Gasteiger partial charge in [-0.3, -0.25) is 14.4 Å². The Balaban J connectivity index is 0.000000177. The molecule has 0 radical (unpaired) electrons. The lowest BCUT2D eigenvalue weighted by atomic mass is 9.43. The molecule has 1 aromatic heterocycles. The maximum absolute atomic E-state index is 12.7. The summed E-state index contributed by atoms with van der Waals surface area (Å²) in [4.78, 5) is 53.1. The second-order valence-electron chi connectivity index (χ2n) is 33.2. The van der Waals surface area contributed by atoms with E-state index in [9.17, 15) is 24.3 Å². The van der Waals surface area contributed by atoms with Crippen molar-refractivity contribution in [3.63, 3.8) is 0 Å². The maximum Gasteiger partial charge on any atom is 0.226 e. The molecule has 0 amide bonds. The van der Waals surface area contributed by atoms with E-state index in [2.05, 4.69) is 94.3 Å². The first-order valence-electron chi connectivity index (χ1n) is 34.4. The molecular formula is C84H113IN2O8. The van der Waals surface area contributed by atoms with Crippen molar-refractivity contribution in [2.45, 2.75) is 258 Å². The quantitative estimate of drug-likeness (QED) is 0.0672. The Hall–Kier alpha value is -5.49. The van der Waals surface area contributed by atoms with Gasteiger partial charge in [-0.15, -0.1) is 49.7 Å². The molecule has 95 heavy (non-hydrogen) atoms. The van der Waals surface area contributed by atoms with Crippen molar-refractivity contribution in [1.82, 2.24) is 5.16 Å². The second-order valence-corrected chi connectivity index (χ2v) is 33.2. The number of rotatable bonds is 0. The third kappa shape index (κ3) is 11.3. The third-order valence-corrected chi connectivity index (χ3v) is 27.5. The van der Waals surface area contributed by atoms with E-state index in [1.807, 2.05) is 46.9 Å². The van der Waals surface area contributed by atoms with Gasteiger partial charge in [0.1, 0.15) is 5.76 Å². The highest BCUT2D eigenvalue weighted by atomic mass is 127. The molecule has 0 unspecified atom stereocenters. The number of Topliss-reactive ketones (excluding diaryl/α,β-unsaturated/α-hetero) is 2. The fourth-order valence-electron chi connectivity index (χ4n) is 23.1. The van der Waals surface area contributed by atoms with Crippen LogP contribution >= 0.6 is 24.0 Å². The number of aliphatic hydroxyl groups excluding tert-OH is 1. The molecule has 1 spiro atoms. The summed E-state index contributed by atoms with van der Waals surface area (Å²) in [5.74, 6) is 14.7. The molecule has 2 heterocycles. The number of fused-ring (bicyclic) bond motifs is 13. The second kappa shape index (κ2) is 26.3. The molecule has 514 valence electrons. The minimum atomic E-state index is -0.620. The highest BCUT2D eigenvalue weighted by Gasteiger charge is 2.67. The monoisotopic (exact) mass is 1400 g/mol. The molecule has 12 aliphatic carbocycles. The van der Waals surface area contributed by atoms with Gasteiger partial charge < -0.3 is 23.9 Å². The molecule has 12 atom stereocenters. The molecule has 11 heteroatoms. The number of ketones is 4. The molecule has 7 fully saturated rings. The first-order valence-corrected chi connectivity index (χ1v) is 34.4. The molecular weight excluding hydrogens is 1290 g/mol. The largest absolute Gasteiger partial charge is 0.515 e. The van der Waals surface area contributed by atoms with Crippen LogP contribution in [0, 0.1) is 139 Å². The van der Waals surface area contributed by atoms with Crippen LogP contribution in [0.1, 0.15) is 252 Å². The van der Waals surface area contributed by atoms with Crippen molar-refractivity contribution in [2.75, 3.05) is 13.2 Å². The summed E-state index contributed by atoms with van der Waals surface area (Å²) in [5.41, 5.74) is 4.62. The summed E-state index contributed by atoms with van der Waals surface area (Å²) >= 11 is 0. The molecule has 14 rings (SSSR count). The minimum absolute atomic E-state index is 0. The SMILES string of the molecule is C.C.C.C#C[C@]12CCC(=O)C=C1[C@@]1(C)Cc3cnoc3C(C)(C)[C@@H]1CC2.C#C[C@]12CCCC=C1[C@@]1(C)C/C(=C/O)C(=O)C(C)(C)[C@@H]1CC2.C#C[C@]12CCCC=C1[C@@]1(C)CCC3(OCCO3)C(C)(C)[C@@H]1CC2.I.[C-]#[N+]C1=C[C@]2(C)C3=CC(=O)CC[C@]3(C#C)CC[C@H]2C(C)(C)C1=O. The zero-order valence-corrected chi connectivity index (χ0v) is 59.6. The van der Waals surface area contributed by atoms with Gasteiger partial charge >= 0.3 is 0 Å². The number of carbonyl (C=O) groups is 4. The number of allylic oxidation sites excluding steroid dienone is 11. The van der Waals surface area contributed by atoms with E-state index >= 15 is 0 Å². The van der Waals surface area contributed by atoms with Crippen molar-refractivity contribution in [2.24, 2.45) is 83.2 Å². The van der Waals surface area contributed by atoms with E-state index < -0.39 is 21.7 Å². The Labute approximate surface area is 589 Å². The third-order valence-electron chi connectivity index (χ3n) is 27.5. The van der Waals surface area contributed by atoms with Gasteiger partial charge in [0.15, 0.2) is 28.9 Å². The van der Waals surface area contributed by atoms with Crippen molar-refractivity contribution in [1.29, 1.82) is 0 Å². The Morgan fingerprint density at radius 3 is 1.53 bits per heavy atom. The van der Waals surface area contributed by atoms with Crippen molar-refractivity contribution < 1.29 is 38.3 Å². The average Bonchev–Trinajstić information content (AvgIpc) is 1.53. The van der Waals surface area contributed by atoms with E-state index in [4.69, 9.17) is 46.3 Å². The van der Waals surface area contributed by atoms with Gasteiger partial charge in [-0.05, 0) is 196 Å². The number of hydrogen-bond acceptors (Lipinski definition) is 9. The number of aliphatic hydroxyl groups is 1. The van der Waals surface area contributed by atoms with Crippen LogP contribution in [-0.4, -0.2) is 52.4 Å². The zero-order valence-electron chi connectivity index (χ0n) is 57.2. The Kier molecular flexibility index (Phi) is 21.3. The fraction of sp³-hybridized carbons (Fsp3) is 0.667. The highest BCUT2D eigenvalue weighted by Crippen LogP contribution is 2.71. The zero-order chi connectivity index (χ0) is 66.0. The van der Waals surface area contributed by atoms with Crippen LogP contribution in [0.25, 0.3) is 4.85 Å². The molecule has 1 N–H and O–H groups in total. The van der Waals surface area contributed by atoms with Crippen LogP contribution in [-0.2, 0) is 40.5 Å². The van der Waals surface area contributed by atoms with Gasteiger partial charge in [0.05, 0.1) is 53.9 Å². The van der Waals surface area contributed by atoms with Crippen LogP contribution < -0.4 is 0 Å². The van der Waals surface area contributed by atoms with Crippen LogP contribution in [0.5, 0.6) is 0 Å². The fourth-order valence-corrected chi connectivity index (χ4v) is 23.1. The summed E-state index contributed by atoms with van der Waals surface area (Å²) in [6.45, 7) is 35.1. The predicted octanol–water partition coefficient (Wildman–Crippen LogP) is 19.4. The first-order chi connectivity index (χ1) is 42.8. The summed E-state index contributed by atoms with van der Waals surface area (Å²) in [6, 6.07) is 0. The van der Waals surface area contributed by atoms with Crippen molar-refractivity contribution >= 4 is 47.1 Å². The first kappa shape index (κ1) is 76.9. The summed E-state index contributed by atoms with van der Waals surface area (Å²) in [5, 5.41) is 13.6. The molecule has 0 aromatic carbocycles. The molecule has 1 saturated heterocycles. The van der Waals surface area contributed by atoms with Crippen LogP contribution in [0.4, 0.5) is 0 Å². The van der Waals surface area contributed by atoms with Gasteiger partial charge in [0.25, 0.3) is 0 Å². The molecule has 10 nitrogen and oxygen atoms in total. The molecule has 1 aromatic rings. The Bertz CT molecular complexity index is 3670. The van der Waals surface area contributed by atoms with Gasteiger partial charge in [-0.25, -0.2) is 4.85 Å². The van der Waals surface area contributed by atoms with Crippen LogP contribution in [0.3, 0.4) is 0 Å². The predicted molar refractivity (Wildman–Crippen MR) is 391 cm³/mol. The number of hydrogen-bond donors (Lipinski definition) is 1. The highest BCUT2D eigenvalue weighted by molar-refractivity contribution is 14.0. The summed E-state index contributed by atoms with van der Waals surface area (Å²) in [7, 11) is 0. The lowest BCUT2D eigenvalue weighted by Crippen LogP contribution is -2.61. The number of aromatic nitrogens is 1. The molecule has 0 bridgehead atoms. The minimum Gasteiger partial charge on any atom is -0.515 e. The summed E-state index contributed by atoms with van der Waals surface area (Å²) < 4.78 is 18.0. The molecule has 13 aliphatic rings. The van der Waals surface area contributed by atoms with Gasteiger partial charge in [-0.2, -0.15) is 0 Å². The summed E-state index contributed by atoms with van der Waals surface area (Å²) in [6.07, 6.45) is 58.0. The maximum atomic E-state index is 12.7. The average molecular weight is 1410 g/mol. The molecule has 6 saturated carbocycles. The lowest BCUT2D eigenvalue weighted by Gasteiger charge is -2.64. The Morgan fingerprint density at radius 2 is 1.01 bits per heavy atom. The standard InChI is InChI=1S/C21H30O2.C20H23NO2.C20H21NO2.C20H26O2.3CH4.HI/c1-5-20-10-7-6-8-17(20)19(4)12-13-21(22-14-15-23-21)18(2,3)16(19)9-11-20;1-5-20-8-6-14(22)10-16(20)19(4)11-13-12-21-23-17(13)18(2,3)15(19)7-9-20;1-6-20-9-7-13(22)11-16(20)19(4)12-14(21-5)17(23)18(2,3)15(19)8-10-20;1-5-20-10-7-6-8-16(20)19(4)12-14(13-21)17(22)18(2,3)15(19)9-11-20;;;;/h1,8,16H,6-7,9-15H2,2-4H3;1,10,12,15H,6-9,11H2,2-4H3;1,11-12,15H,7-10H2,2-4H3;1,8,13,15,21H,6-7,9-12H2,2-4H3;3*1H4;1H/b;;;14-13-;;;;/t16-,19-,20+;3*15-,19-,20+;;;;/m0000..../s1. The number of carbonyl (C=O) groups excluding carboxylic acids is 4. The van der Waals surface area contributed by atoms with Crippen molar-refractivity contribution in [3.8, 4) is 49.4 Å². The van der Waals surface area contributed by atoms with Crippen molar-refractivity contribution in [3.05, 3.63) is 99.1 Å². The lowest BCUT2D eigenvalue weighted by molar-refractivity contribution is -0.284. The smallest absolute Gasteiger partial charge is 0.226 e. The normalized spacial score (nSPS) is 38.9.